The molecule has 1 atom stereocenters. The van der Waals surface area contributed by atoms with Gasteiger partial charge in [-0.25, -0.2) is 10.4 Å². The van der Waals surface area contributed by atoms with Gasteiger partial charge in [-0.05, 0) is 12.1 Å². The van der Waals surface area contributed by atoms with Crippen molar-refractivity contribution < 1.29 is 29.2 Å². The first kappa shape index (κ1) is 17.0. The molecule has 1 unspecified atom stereocenters. The molecule has 0 fully saturated rings. The Kier molecular flexibility index (Phi) is 4.85. The molecule has 0 bridgehead atoms. The van der Waals surface area contributed by atoms with Gasteiger partial charge in [-0.2, -0.15) is 0 Å². The summed E-state index contributed by atoms with van der Waals surface area (Å²) in [5.41, 5.74) is 6.17. The van der Waals surface area contributed by atoms with Crippen LogP contribution in [0.5, 0.6) is 0 Å². The number of benzene rings is 1. The lowest BCUT2D eigenvalue weighted by Gasteiger charge is -2.19. The molecule has 1 heterocycles. The number of amides is 4. The molecule has 24 heavy (non-hydrogen) atoms. The van der Waals surface area contributed by atoms with Crippen LogP contribution in [-0.2, 0) is 19.2 Å². The van der Waals surface area contributed by atoms with E-state index in [4.69, 9.17) is 10.9 Å². The van der Waals surface area contributed by atoms with Gasteiger partial charge in [0.2, 0.25) is 5.91 Å². The van der Waals surface area contributed by atoms with Crippen molar-refractivity contribution in [2.45, 2.75) is 6.42 Å². The minimum Gasteiger partial charge on any atom is -0.370 e. The third-order valence-electron chi connectivity index (χ3n) is 3.37. The summed E-state index contributed by atoms with van der Waals surface area (Å²) in [5.74, 6) is -5.77. The number of hydroxylamine groups is 1. The summed E-state index contributed by atoms with van der Waals surface area (Å²) in [6.07, 6.45) is 1.45. The Balaban J connectivity index is 2.46. The summed E-state index contributed by atoms with van der Waals surface area (Å²) in [7, 11) is 0. The number of nitrogens with zero attached hydrogens (tertiary/aromatic N) is 1. The number of rotatable bonds is 6. The zero-order chi connectivity index (χ0) is 17.9. The van der Waals surface area contributed by atoms with Gasteiger partial charge < -0.3 is 5.73 Å². The second-order valence-electron chi connectivity index (χ2n) is 4.93. The summed E-state index contributed by atoms with van der Waals surface area (Å²) < 4.78 is 0. The highest BCUT2D eigenvalue weighted by molar-refractivity contribution is 6.30. The Bertz CT molecular complexity index is 752. The second kappa shape index (κ2) is 6.84. The topological polar surface area (TPSA) is 147 Å². The second-order valence-corrected chi connectivity index (χ2v) is 4.93. The molecule has 4 N–H and O–H groups in total. The summed E-state index contributed by atoms with van der Waals surface area (Å²) >= 11 is 0. The van der Waals surface area contributed by atoms with E-state index < -0.39 is 41.8 Å². The van der Waals surface area contributed by atoms with Crippen molar-refractivity contribution >= 4 is 35.1 Å². The van der Waals surface area contributed by atoms with Crippen LogP contribution in [0, 0.1) is 5.92 Å². The van der Waals surface area contributed by atoms with Crippen LogP contribution in [0.1, 0.15) is 16.8 Å². The van der Waals surface area contributed by atoms with Crippen molar-refractivity contribution in [3.8, 4) is 0 Å². The predicted octanol–water partition coefficient (Wildman–Crippen LogP) is -0.704. The van der Waals surface area contributed by atoms with Crippen molar-refractivity contribution in [1.29, 1.82) is 0 Å². The molecule has 9 heteroatoms. The number of anilines is 1. The molecule has 1 aromatic rings. The zero-order valence-electron chi connectivity index (χ0n) is 12.3. The first-order chi connectivity index (χ1) is 11.4. The standard InChI is InChI=1S/C15H13N3O6/c16-11(19)7-9(15(23)17-24)14(22)8-3-1-2-4-10(8)18-12(20)5-6-13(18)21/h1-6,9,24H,7H2,(H2,16,19)(H,17,23). The Labute approximate surface area is 135 Å². The quantitative estimate of drug-likeness (QED) is 0.206. The highest BCUT2D eigenvalue weighted by Crippen LogP contribution is 2.27. The number of para-hydroxylation sites is 1. The summed E-state index contributed by atoms with van der Waals surface area (Å²) in [5, 5.41) is 8.75. The first-order valence-electron chi connectivity index (χ1n) is 6.78. The molecule has 9 nitrogen and oxygen atoms in total. The van der Waals surface area contributed by atoms with Gasteiger partial charge in [0.15, 0.2) is 5.78 Å². The number of hydrogen-bond donors (Lipinski definition) is 3. The summed E-state index contributed by atoms with van der Waals surface area (Å²) in [6, 6.07) is 5.62. The fraction of sp³-hybridized carbons (Fsp3) is 0.133. The average Bonchev–Trinajstić information content (AvgIpc) is 2.89. The van der Waals surface area contributed by atoms with Gasteiger partial charge in [0, 0.05) is 24.1 Å². The van der Waals surface area contributed by atoms with Gasteiger partial charge in [-0.3, -0.25) is 29.2 Å². The van der Waals surface area contributed by atoms with E-state index in [0.29, 0.717) is 0 Å². The Morgan fingerprint density at radius 3 is 2.25 bits per heavy atom. The van der Waals surface area contributed by atoms with Gasteiger partial charge in [0.25, 0.3) is 17.7 Å². The van der Waals surface area contributed by atoms with E-state index in [-0.39, 0.29) is 11.3 Å². The molecule has 0 radical (unpaired) electrons. The number of nitrogens with two attached hydrogens (primary N) is 1. The minimum atomic E-state index is -1.59. The lowest BCUT2D eigenvalue weighted by Crippen LogP contribution is -2.38. The van der Waals surface area contributed by atoms with Crippen LogP contribution in [0.4, 0.5) is 5.69 Å². The number of carbonyl (C=O) groups is 5. The first-order valence-corrected chi connectivity index (χ1v) is 6.78. The zero-order valence-corrected chi connectivity index (χ0v) is 12.3. The smallest absolute Gasteiger partial charge is 0.258 e. The van der Waals surface area contributed by atoms with Crippen LogP contribution in [0.3, 0.4) is 0 Å². The van der Waals surface area contributed by atoms with Gasteiger partial charge >= 0.3 is 0 Å². The van der Waals surface area contributed by atoms with Crippen LogP contribution in [-0.4, -0.2) is 34.6 Å². The van der Waals surface area contributed by atoms with Crippen LogP contribution in [0.2, 0.25) is 0 Å². The molecule has 124 valence electrons. The van der Waals surface area contributed by atoms with E-state index in [1.54, 1.807) is 0 Å². The number of Topliss-reactive ketones (excluding diaryl/α,β-unsaturated/α-hetero) is 1. The largest absolute Gasteiger partial charge is 0.370 e. The van der Waals surface area contributed by atoms with E-state index in [0.717, 1.165) is 17.1 Å². The van der Waals surface area contributed by atoms with Crippen LogP contribution < -0.4 is 16.1 Å². The molecule has 1 aliphatic rings. The van der Waals surface area contributed by atoms with Crippen molar-refractivity contribution in [2.24, 2.45) is 11.7 Å². The number of primary amides is 1. The molecule has 1 aliphatic heterocycles. The maximum atomic E-state index is 12.6. The van der Waals surface area contributed by atoms with Crippen molar-refractivity contribution in [2.75, 3.05) is 4.90 Å². The fourth-order valence-corrected chi connectivity index (χ4v) is 2.29. The molecule has 0 spiro atoms. The number of carbonyl (C=O) groups excluding carboxylic acids is 5. The average molecular weight is 331 g/mol. The van der Waals surface area contributed by atoms with Crippen LogP contribution >= 0.6 is 0 Å². The van der Waals surface area contributed by atoms with Gasteiger partial charge in [0.1, 0.15) is 5.92 Å². The van der Waals surface area contributed by atoms with Crippen LogP contribution in [0.25, 0.3) is 0 Å². The highest BCUT2D eigenvalue weighted by Gasteiger charge is 2.34. The lowest BCUT2D eigenvalue weighted by molar-refractivity contribution is -0.134. The molecule has 4 amide bonds. The highest BCUT2D eigenvalue weighted by atomic mass is 16.5. The van der Waals surface area contributed by atoms with Crippen molar-refractivity contribution in [1.82, 2.24) is 5.48 Å². The molecule has 1 aromatic carbocycles. The number of imide groups is 1. The van der Waals surface area contributed by atoms with E-state index in [1.165, 1.54) is 29.7 Å². The van der Waals surface area contributed by atoms with Crippen molar-refractivity contribution in [3.63, 3.8) is 0 Å². The molecule has 2 rings (SSSR count). The van der Waals surface area contributed by atoms with E-state index >= 15 is 0 Å². The van der Waals surface area contributed by atoms with E-state index in [1.807, 2.05) is 0 Å². The summed E-state index contributed by atoms with van der Waals surface area (Å²) in [6.45, 7) is 0. The SMILES string of the molecule is NC(=O)CC(C(=O)NO)C(=O)c1ccccc1N1C(=O)C=CC1=O. The lowest BCUT2D eigenvalue weighted by atomic mass is 9.92. The third-order valence-corrected chi connectivity index (χ3v) is 3.37. The predicted molar refractivity (Wildman–Crippen MR) is 79.6 cm³/mol. The monoisotopic (exact) mass is 331 g/mol. The fourth-order valence-electron chi connectivity index (χ4n) is 2.29. The van der Waals surface area contributed by atoms with Crippen LogP contribution in [0.15, 0.2) is 36.4 Å². The van der Waals surface area contributed by atoms with Gasteiger partial charge in [0.05, 0.1) is 5.69 Å². The molecule has 0 aliphatic carbocycles. The molecule has 0 saturated carbocycles. The Morgan fingerprint density at radius 1 is 1.12 bits per heavy atom. The minimum absolute atomic E-state index is 0.0253. The maximum absolute atomic E-state index is 12.6. The molecule has 0 aromatic heterocycles. The Hall–Kier alpha value is -3.33. The number of ketones is 1. The van der Waals surface area contributed by atoms with E-state index in [2.05, 4.69) is 0 Å². The summed E-state index contributed by atoms with van der Waals surface area (Å²) in [4.78, 5) is 59.8. The van der Waals surface area contributed by atoms with E-state index in [9.17, 15) is 24.0 Å². The van der Waals surface area contributed by atoms with Gasteiger partial charge in [-0.1, -0.05) is 12.1 Å². The van der Waals surface area contributed by atoms with Gasteiger partial charge in [-0.15, -0.1) is 0 Å². The maximum Gasteiger partial charge on any atom is 0.258 e. The normalized spacial score (nSPS) is 14.6. The molecular weight excluding hydrogens is 318 g/mol. The number of nitrogens with one attached hydrogen (secondary N) is 1. The van der Waals surface area contributed by atoms with Crippen molar-refractivity contribution in [3.05, 3.63) is 42.0 Å². The third kappa shape index (κ3) is 3.20. The number of hydrogen-bond acceptors (Lipinski definition) is 6. The molecule has 0 saturated heterocycles. The Morgan fingerprint density at radius 2 is 1.71 bits per heavy atom. The molecular formula is C15H13N3O6.